The first-order valence-corrected chi connectivity index (χ1v) is 6.24. The molecule has 2 N–H and O–H groups in total. The molecule has 1 spiro atoms. The van der Waals surface area contributed by atoms with Gasteiger partial charge in [0.05, 0.1) is 6.54 Å². The van der Waals surface area contributed by atoms with Crippen LogP contribution in [-0.4, -0.2) is 30.4 Å². The van der Waals surface area contributed by atoms with E-state index in [0.717, 1.165) is 13.1 Å². The Morgan fingerprint density at radius 1 is 1.07 bits per heavy atom. The molecule has 1 saturated heterocycles. The van der Waals surface area contributed by atoms with Crippen LogP contribution in [-0.2, 0) is 4.79 Å². The summed E-state index contributed by atoms with van der Waals surface area (Å²) in [5, 5.41) is 0. The molecule has 86 valence electrons. The molecule has 3 nitrogen and oxygen atoms in total. The van der Waals surface area contributed by atoms with Gasteiger partial charge in [-0.05, 0) is 31.1 Å². The molecule has 1 aliphatic carbocycles. The summed E-state index contributed by atoms with van der Waals surface area (Å²) in [5.74, 6) is 0.126. The number of rotatable bonds is 1. The molecule has 2 aliphatic rings. The van der Waals surface area contributed by atoms with Crippen molar-refractivity contribution in [1.82, 2.24) is 4.90 Å². The van der Waals surface area contributed by atoms with Crippen LogP contribution in [0.25, 0.3) is 0 Å². The first-order valence-electron chi connectivity index (χ1n) is 6.24. The van der Waals surface area contributed by atoms with E-state index in [9.17, 15) is 4.79 Å². The van der Waals surface area contributed by atoms with Crippen LogP contribution in [0.15, 0.2) is 0 Å². The highest BCUT2D eigenvalue weighted by atomic mass is 16.2. The molecule has 0 unspecified atom stereocenters. The average molecular weight is 210 g/mol. The fourth-order valence-corrected chi connectivity index (χ4v) is 3.16. The Hall–Kier alpha value is -0.570. The lowest BCUT2D eigenvalue weighted by atomic mass is 9.68. The zero-order valence-corrected chi connectivity index (χ0v) is 9.50. The lowest BCUT2D eigenvalue weighted by molar-refractivity contribution is -0.132. The van der Waals surface area contributed by atoms with E-state index >= 15 is 0 Å². The summed E-state index contributed by atoms with van der Waals surface area (Å²) < 4.78 is 0. The Bertz CT molecular complexity index is 224. The van der Waals surface area contributed by atoms with Gasteiger partial charge in [-0.2, -0.15) is 0 Å². The first kappa shape index (κ1) is 10.9. The average Bonchev–Trinajstić information content (AvgIpc) is 2.30. The van der Waals surface area contributed by atoms with Gasteiger partial charge < -0.3 is 10.6 Å². The van der Waals surface area contributed by atoms with Gasteiger partial charge in [0.2, 0.25) is 5.91 Å². The number of likely N-dealkylation sites (tertiary alicyclic amines) is 1. The number of hydrogen-bond acceptors (Lipinski definition) is 2. The van der Waals surface area contributed by atoms with Crippen molar-refractivity contribution in [3.8, 4) is 0 Å². The minimum absolute atomic E-state index is 0.126. The normalized spacial score (nSPS) is 25.5. The lowest BCUT2D eigenvalue weighted by Gasteiger charge is -2.44. The van der Waals surface area contributed by atoms with Gasteiger partial charge >= 0.3 is 0 Å². The number of piperidine rings is 1. The Morgan fingerprint density at radius 2 is 1.67 bits per heavy atom. The molecule has 1 saturated carbocycles. The van der Waals surface area contributed by atoms with Crippen LogP contribution < -0.4 is 5.73 Å². The largest absolute Gasteiger partial charge is 0.342 e. The van der Waals surface area contributed by atoms with Crippen molar-refractivity contribution in [3.63, 3.8) is 0 Å². The number of amides is 1. The maximum atomic E-state index is 11.4. The van der Waals surface area contributed by atoms with E-state index in [1.165, 1.54) is 44.9 Å². The van der Waals surface area contributed by atoms with Crippen LogP contribution in [0.4, 0.5) is 0 Å². The third-order valence-corrected chi connectivity index (χ3v) is 4.27. The van der Waals surface area contributed by atoms with Crippen molar-refractivity contribution in [3.05, 3.63) is 0 Å². The van der Waals surface area contributed by atoms with Gasteiger partial charge in [-0.25, -0.2) is 0 Å². The maximum Gasteiger partial charge on any atom is 0.236 e. The highest BCUT2D eigenvalue weighted by molar-refractivity contribution is 5.78. The summed E-state index contributed by atoms with van der Waals surface area (Å²) in [5.41, 5.74) is 5.97. The monoisotopic (exact) mass is 210 g/mol. The van der Waals surface area contributed by atoms with Gasteiger partial charge in [0.25, 0.3) is 0 Å². The van der Waals surface area contributed by atoms with E-state index in [1.54, 1.807) is 0 Å². The van der Waals surface area contributed by atoms with Gasteiger partial charge in [-0.3, -0.25) is 4.79 Å². The Balaban J connectivity index is 1.88. The van der Waals surface area contributed by atoms with Gasteiger partial charge in [0.15, 0.2) is 0 Å². The van der Waals surface area contributed by atoms with Crippen LogP contribution in [0.5, 0.6) is 0 Å². The summed E-state index contributed by atoms with van der Waals surface area (Å²) in [6, 6.07) is 0. The molecule has 0 atom stereocenters. The Labute approximate surface area is 92.0 Å². The highest BCUT2D eigenvalue weighted by Gasteiger charge is 2.36. The van der Waals surface area contributed by atoms with E-state index < -0.39 is 0 Å². The zero-order chi connectivity index (χ0) is 10.7. The second kappa shape index (κ2) is 4.52. The zero-order valence-electron chi connectivity index (χ0n) is 9.50. The van der Waals surface area contributed by atoms with E-state index in [1.807, 2.05) is 4.90 Å². The van der Waals surface area contributed by atoms with Crippen molar-refractivity contribution in [2.24, 2.45) is 11.1 Å². The van der Waals surface area contributed by atoms with E-state index in [2.05, 4.69) is 0 Å². The molecule has 0 bridgehead atoms. The van der Waals surface area contributed by atoms with E-state index in [0.29, 0.717) is 5.41 Å². The van der Waals surface area contributed by atoms with Gasteiger partial charge in [0.1, 0.15) is 0 Å². The second-order valence-electron chi connectivity index (χ2n) is 5.15. The molecule has 0 aromatic carbocycles. The molecular weight excluding hydrogens is 188 g/mol. The van der Waals surface area contributed by atoms with Gasteiger partial charge in [-0.1, -0.05) is 19.3 Å². The van der Waals surface area contributed by atoms with Crippen LogP contribution in [0.2, 0.25) is 0 Å². The topological polar surface area (TPSA) is 46.3 Å². The Kier molecular flexibility index (Phi) is 3.29. The fourth-order valence-electron chi connectivity index (χ4n) is 3.16. The Morgan fingerprint density at radius 3 is 2.20 bits per heavy atom. The molecule has 0 radical (unpaired) electrons. The standard InChI is InChI=1S/C12H22N2O/c13-10-11(15)14-8-6-12(7-9-14)4-2-1-3-5-12/h1-10,13H2. The number of carbonyl (C=O) groups excluding carboxylic acids is 1. The fraction of sp³-hybridized carbons (Fsp3) is 0.917. The van der Waals surface area contributed by atoms with Crippen molar-refractivity contribution >= 4 is 5.91 Å². The smallest absolute Gasteiger partial charge is 0.236 e. The first-order chi connectivity index (χ1) is 7.26. The van der Waals surface area contributed by atoms with E-state index in [-0.39, 0.29) is 12.5 Å². The van der Waals surface area contributed by atoms with Crippen LogP contribution in [0.1, 0.15) is 44.9 Å². The molecule has 0 aromatic rings. The van der Waals surface area contributed by atoms with Crippen LogP contribution >= 0.6 is 0 Å². The summed E-state index contributed by atoms with van der Waals surface area (Å²) >= 11 is 0. The quantitative estimate of drug-likeness (QED) is 0.713. The van der Waals surface area contributed by atoms with Gasteiger partial charge in [-0.15, -0.1) is 0 Å². The molecule has 2 fully saturated rings. The van der Waals surface area contributed by atoms with Crippen LogP contribution in [0, 0.1) is 5.41 Å². The number of carbonyl (C=O) groups is 1. The van der Waals surface area contributed by atoms with E-state index in [4.69, 9.17) is 5.73 Å². The molecule has 1 amide bonds. The predicted molar refractivity (Wildman–Crippen MR) is 60.4 cm³/mol. The highest BCUT2D eigenvalue weighted by Crippen LogP contribution is 2.44. The van der Waals surface area contributed by atoms with Crippen molar-refractivity contribution in [2.75, 3.05) is 19.6 Å². The van der Waals surface area contributed by atoms with Gasteiger partial charge in [0, 0.05) is 13.1 Å². The molecule has 2 rings (SSSR count). The maximum absolute atomic E-state index is 11.4. The minimum Gasteiger partial charge on any atom is -0.342 e. The number of nitrogens with zero attached hydrogens (tertiary/aromatic N) is 1. The second-order valence-corrected chi connectivity index (χ2v) is 5.15. The molecule has 1 heterocycles. The van der Waals surface area contributed by atoms with Crippen molar-refractivity contribution in [2.45, 2.75) is 44.9 Å². The summed E-state index contributed by atoms with van der Waals surface area (Å²) in [6.07, 6.45) is 9.38. The predicted octanol–water partition coefficient (Wildman–Crippen LogP) is 1.52. The summed E-state index contributed by atoms with van der Waals surface area (Å²) in [4.78, 5) is 13.4. The third-order valence-electron chi connectivity index (χ3n) is 4.27. The minimum atomic E-state index is 0.126. The summed E-state index contributed by atoms with van der Waals surface area (Å²) in [7, 11) is 0. The number of nitrogens with two attached hydrogens (primary N) is 1. The molecule has 3 heteroatoms. The molecule has 0 aromatic heterocycles. The van der Waals surface area contributed by atoms with Crippen molar-refractivity contribution < 1.29 is 4.79 Å². The third kappa shape index (κ3) is 2.33. The summed E-state index contributed by atoms with van der Waals surface area (Å²) in [6.45, 7) is 2.05. The molecule has 15 heavy (non-hydrogen) atoms. The SMILES string of the molecule is NCC(=O)N1CCC2(CCCCC2)CC1. The number of hydrogen-bond donors (Lipinski definition) is 1. The van der Waals surface area contributed by atoms with Crippen molar-refractivity contribution in [1.29, 1.82) is 0 Å². The lowest BCUT2D eigenvalue weighted by Crippen LogP contribution is -2.45. The van der Waals surface area contributed by atoms with Crippen LogP contribution in [0.3, 0.4) is 0 Å². The molecular formula is C12H22N2O. The molecule has 1 aliphatic heterocycles.